The second-order valence-corrected chi connectivity index (χ2v) is 4.13. The van der Waals surface area contributed by atoms with Crippen molar-refractivity contribution in [3.63, 3.8) is 0 Å². The van der Waals surface area contributed by atoms with Gasteiger partial charge in [-0.2, -0.15) is 0 Å². The van der Waals surface area contributed by atoms with E-state index < -0.39 is 0 Å². The van der Waals surface area contributed by atoms with E-state index in [-0.39, 0.29) is 6.10 Å². The molecule has 0 heterocycles. The molecule has 0 saturated carbocycles. The maximum Gasteiger partial charge on any atom is 0.125 e. The minimum atomic E-state index is -0.151. The van der Waals surface area contributed by atoms with Gasteiger partial charge >= 0.3 is 0 Å². The van der Waals surface area contributed by atoms with Crippen LogP contribution in [0.15, 0.2) is 48.5 Å². The van der Waals surface area contributed by atoms with E-state index in [4.69, 9.17) is 14.2 Å². The van der Waals surface area contributed by atoms with Gasteiger partial charge in [-0.3, -0.25) is 0 Å². The molecule has 0 aliphatic rings. The Morgan fingerprint density at radius 2 is 1.47 bits per heavy atom. The van der Waals surface area contributed by atoms with E-state index in [1.807, 2.05) is 48.5 Å². The summed E-state index contributed by atoms with van der Waals surface area (Å²) in [5, 5.41) is 0. The van der Waals surface area contributed by atoms with Gasteiger partial charge in [0.25, 0.3) is 0 Å². The largest absolute Gasteiger partial charge is 0.497 e. The Bertz CT molecular complexity index is 520. The maximum atomic E-state index is 5.62. The Balaban J connectivity index is 2.37. The molecule has 0 amide bonds. The standard InChI is InChI=1S/C16H18O3/c1-17-13-10-8-12(9-11-13)16(19-3)14-6-4-5-7-15(14)18-2/h4-11,16H,1-3H3. The molecule has 2 aromatic carbocycles. The normalized spacial score (nSPS) is 11.9. The molecule has 0 aliphatic heterocycles. The number of rotatable bonds is 5. The summed E-state index contributed by atoms with van der Waals surface area (Å²) in [6.45, 7) is 0. The lowest BCUT2D eigenvalue weighted by Gasteiger charge is -2.19. The molecule has 0 spiro atoms. The zero-order valence-electron chi connectivity index (χ0n) is 11.4. The van der Waals surface area contributed by atoms with E-state index in [2.05, 4.69) is 0 Å². The molecule has 2 aromatic rings. The van der Waals surface area contributed by atoms with Crippen molar-refractivity contribution in [3.05, 3.63) is 59.7 Å². The smallest absolute Gasteiger partial charge is 0.125 e. The molecule has 0 aromatic heterocycles. The average molecular weight is 258 g/mol. The summed E-state index contributed by atoms with van der Waals surface area (Å²) in [4.78, 5) is 0. The first-order valence-corrected chi connectivity index (χ1v) is 6.09. The van der Waals surface area contributed by atoms with Gasteiger partial charge in [0.2, 0.25) is 0 Å². The third-order valence-electron chi connectivity index (χ3n) is 3.08. The van der Waals surface area contributed by atoms with Gasteiger partial charge in [0, 0.05) is 12.7 Å². The summed E-state index contributed by atoms with van der Waals surface area (Å²) in [5.74, 6) is 1.66. The van der Waals surface area contributed by atoms with Crippen LogP contribution < -0.4 is 9.47 Å². The highest BCUT2D eigenvalue weighted by molar-refractivity contribution is 5.41. The Hall–Kier alpha value is -2.00. The number of methoxy groups -OCH3 is 3. The quantitative estimate of drug-likeness (QED) is 0.822. The summed E-state index contributed by atoms with van der Waals surface area (Å²) in [6, 6.07) is 15.7. The van der Waals surface area contributed by atoms with Crippen molar-refractivity contribution in [2.24, 2.45) is 0 Å². The Kier molecular flexibility index (Phi) is 4.42. The number of ether oxygens (including phenoxy) is 3. The summed E-state index contributed by atoms with van der Waals surface area (Å²) in [6.07, 6.45) is -0.151. The van der Waals surface area contributed by atoms with Crippen LogP contribution in [0.3, 0.4) is 0 Å². The highest BCUT2D eigenvalue weighted by atomic mass is 16.5. The van der Waals surface area contributed by atoms with Crippen molar-refractivity contribution in [1.82, 2.24) is 0 Å². The third kappa shape index (κ3) is 2.88. The lowest BCUT2D eigenvalue weighted by Crippen LogP contribution is -2.05. The molecule has 19 heavy (non-hydrogen) atoms. The van der Waals surface area contributed by atoms with Crippen molar-refractivity contribution < 1.29 is 14.2 Å². The zero-order chi connectivity index (χ0) is 13.7. The monoisotopic (exact) mass is 258 g/mol. The summed E-state index contributed by atoms with van der Waals surface area (Å²) in [7, 11) is 5.02. The fraction of sp³-hybridized carbons (Fsp3) is 0.250. The van der Waals surface area contributed by atoms with Crippen LogP contribution in [0.5, 0.6) is 11.5 Å². The topological polar surface area (TPSA) is 27.7 Å². The number of hydrogen-bond donors (Lipinski definition) is 0. The van der Waals surface area contributed by atoms with E-state index >= 15 is 0 Å². The molecule has 3 nitrogen and oxygen atoms in total. The van der Waals surface area contributed by atoms with Crippen molar-refractivity contribution in [1.29, 1.82) is 0 Å². The second-order valence-electron chi connectivity index (χ2n) is 4.13. The Morgan fingerprint density at radius 1 is 0.789 bits per heavy atom. The summed E-state index contributed by atoms with van der Waals surface area (Å²) >= 11 is 0. The molecule has 2 rings (SSSR count). The van der Waals surface area contributed by atoms with Crippen LogP contribution in [0.4, 0.5) is 0 Å². The van der Waals surface area contributed by atoms with Gasteiger partial charge in [0.15, 0.2) is 0 Å². The van der Waals surface area contributed by atoms with Gasteiger partial charge in [-0.25, -0.2) is 0 Å². The van der Waals surface area contributed by atoms with Crippen molar-refractivity contribution in [2.75, 3.05) is 21.3 Å². The maximum absolute atomic E-state index is 5.62. The van der Waals surface area contributed by atoms with E-state index in [0.717, 1.165) is 22.6 Å². The number of hydrogen-bond acceptors (Lipinski definition) is 3. The molecule has 0 fully saturated rings. The van der Waals surface area contributed by atoms with Crippen molar-refractivity contribution in [2.45, 2.75) is 6.10 Å². The van der Waals surface area contributed by atoms with Crippen LogP contribution in [0.2, 0.25) is 0 Å². The zero-order valence-corrected chi connectivity index (χ0v) is 11.4. The van der Waals surface area contributed by atoms with Gasteiger partial charge in [-0.05, 0) is 23.8 Å². The molecule has 0 bridgehead atoms. The molecule has 0 radical (unpaired) electrons. The third-order valence-corrected chi connectivity index (χ3v) is 3.08. The van der Waals surface area contributed by atoms with E-state index in [1.54, 1.807) is 21.3 Å². The number of para-hydroxylation sites is 1. The molecular weight excluding hydrogens is 240 g/mol. The first-order chi connectivity index (χ1) is 9.30. The molecule has 1 unspecified atom stereocenters. The van der Waals surface area contributed by atoms with Crippen LogP contribution in [-0.2, 0) is 4.74 Å². The predicted octanol–water partition coefficient (Wildman–Crippen LogP) is 3.44. The highest BCUT2D eigenvalue weighted by Gasteiger charge is 2.17. The lowest BCUT2D eigenvalue weighted by molar-refractivity contribution is 0.133. The van der Waals surface area contributed by atoms with Crippen LogP contribution in [0, 0.1) is 0 Å². The fourth-order valence-electron chi connectivity index (χ4n) is 2.10. The molecule has 0 aliphatic carbocycles. The first-order valence-electron chi connectivity index (χ1n) is 6.09. The van der Waals surface area contributed by atoms with Crippen molar-refractivity contribution in [3.8, 4) is 11.5 Å². The van der Waals surface area contributed by atoms with Crippen LogP contribution in [0.1, 0.15) is 17.2 Å². The van der Waals surface area contributed by atoms with Crippen LogP contribution in [-0.4, -0.2) is 21.3 Å². The molecule has 100 valence electrons. The minimum absolute atomic E-state index is 0.151. The van der Waals surface area contributed by atoms with Crippen molar-refractivity contribution >= 4 is 0 Å². The lowest BCUT2D eigenvalue weighted by atomic mass is 10.0. The molecule has 0 saturated heterocycles. The molecular formula is C16H18O3. The highest BCUT2D eigenvalue weighted by Crippen LogP contribution is 2.32. The van der Waals surface area contributed by atoms with Gasteiger partial charge < -0.3 is 14.2 Å². The Labute approximate surface area is 113 Å². The average Bonchev–Trinajstić information content (AvgIpc) is 2.49. The van der Waals surface area contributed by atoms with Crippen LogP contribution >= 0.6 is 0 Å². The summed E-state index contributed by atoms with van der Waals surface area (Å²) in [5.41, 5.74) is 2.07. The molecule has 1 atom stereocenters. The van der Waals surface area contributed by atoms with Crippen LogP contribution in [0.25, 0.3) is 0 Å². The number of benzene rings is 2. The first kappa shape index (κ1) is 13.4. The SMILES string of the molecule is COc1ccc(C(OC)c2ccccc2OC)cc1. The summed E-state index contributed by atoms with van der Waals surface area (Å²) < 4.78 is 16.2. The molecule has 3 heteroatoms. The van der Waals surface area contributed by atoms with E-state index in [0.29, 0.717) is 0 Å². The second kappa shape index (κ2) is 6.25. The minimum Gasteiger partial charge on any atom is -0.497 e. The van der Waals surface area contributed by atoms with Gasteiger partial charge in [0.05, 0.1) is 14.2 Å². The molecule has 0 N–H and O–H groups in total. The predicted molar refractivity (Wildman–Crippen MR) is 74.8 cm³/mol. The van der Waals surface area contributed by atoms with E-state index in [1.165, 1.54) is 0 Å². The van der Waals surface area contributed by atoms with E-state index in [9.17, 15) is 0 Å². The van der Waals surface area contributed by atoms with Gasteiger partial charge in [0.1, 0.15) is 17.6 Å². The van der Waals surface area contributed by atoms with Gasteiger partial charge in [-0.15, -0.1) is 0 Å². The van der Waals surface area contributed by atoms with Gasteiger partial charge in [-0.1, -0.05) is 30.3 Å². The fourth-order valence-corrected chi connectivity index (χ4v) is 2.10. The Morgan fingerprint density at radius 3 is 2.05 bits per heavy atom.